The van der Waals surface area contributed by atoms with E-state index in [-0.39, 0.29) is 17.3 Å². The van der Waals surface area contributed by atoms with Crippen molar-refractivity contribution in [1.29, 1.82) is 0 Å². The van der Waals surface area contributed by atoms with Crippen LogP contribution in [0.4, 0.5) is 0 Å². The van der Waals surface area contributed by atoms with Gasteiger partial charge in [0.2, 0.25) is 0 Å². The molecule has 34 heavy (non-hydrogen) atoms. The van der Waals surface area contributed by atoms with E-state index in [0.717, 1.165) is 43.1 Å². The van der Waals surface area contributed by atoms with Crippen LogP contribution in [0.5, 0.6) is 0 Å². The van der Waals surface area contributed by atoms with Gasteiger partial charge in [-0.05, 0) is 11.1 Å². The van der Waals surface area contributed by atoms with Gasteiger partial charge in [0, 0.05) is 53.2 Å². The van der Waals surface area contributed by atoms with E-state index in [1.807, 2.05) is 0 Å². The molecular weight excluding hydrogens is 428 g/mol. The third kappa shape index (κ3) is 4.22. The van der Waals surface area contributed by atoms with Crippen molar-refractivity contribution in [1.82, 2.24) is 28.9 Å². The van der Waals surface area contributed by atoms with Crippen LogP contribution in [0.2, 0.25) is 0 Å². The Morgan fingerprint density at radius 2 is 1.44 bits per heavy atom. The van der Waals surface area contributed by atoms with Gasteiger partial charge in [0.25, 0.3) is 5.56 Å². The average molecular weight is 459 g/mol. The lowest BCUT2D eigenvalue weighted by Gasteiger charge is -2.39. The molecule has 2 aromatic heterocycles. The number of nitrogens with one attached hydrogen (secondary N) is 1. The lowest BCUT2D eigenvalue weighted by molar-refractivity contribution is 0.110. The van der Waals surface area contributed by atoms with Crippen molar-refractivity contribution >= 4 is 11.2 Å². The molecule has 0 spiro atoms. The van der Waals surface area contributed by atoms with Crippen LogP contribution in [-0.4, -0.2) is 61.6 Å². The van der Waals surface area contributed by atoms with E-state index in [1.54, 1.807) is 7.05 Å². The fraction of sp³-hybridized carbons (Fsp3) is 0.346. The van der Waals surface area contributed by atoms with Crippen molar-refractivity contribution in [2.75, 3.05) is 32.7 Å². The van der Waals surface area contributed by atoms with Crippen molar-refractivity contribution in [3.63, 3.8) is 0 Å². The van der Waals surface area contributed by atoms with Crippen molar-refractivity contribution in [2.24, 2.45) is 14.1 Å². The van der Waals surface area contributed by atoms with Crippen LogP contribution in [0, 0.1) is 0 Å². The summed E-state index contributed by atoms with van der Waals surface area (Å²) in [5.41, 5.74) is 2.74. The molecule has 0 amide bonds. The van der Waals surface area contributed by atoms with Crippen LogP contribution >= 0.6 is 0 Å². The van der Waals surface area contributed by atoms with E-state index in [1.165, 1.54) is 22.7 Å². The maximum atomic E-state index is 12.4. The first-order valence-electron chi connectivity index (χ1n) is 11.7. The number of piperazine rings is 1. The minimum absolute atomic E-state index is 0.248. The Bertz CT molecular complexity index is 1340. The number of benzene rings is 2. The van der Waals surface area contributed by atoms with E-state index >= 15 is 0 Å². The zero-order valence-corrected chi connectivity index (χ0v) is 19.6. The predicted molar refractivity (Wildman–Crippen MR) is 133 cm³/mol. The molecule has 5 rings (SSSR count). The summed E-state index contributed by atoms with van der Waals surface area (Å²) in [5, 5.41) is 0. The molecule has 176 valence electrons. The van der Waals surface area contributed by atoms with Crippen LogP contribution in [-0.2, 0) is 20.5 Å². The molecule has 0 aliphatic carbocycles. The maximum absolute atomic E-state index is 12.4. The molecule has 0 radical (unpaired) electrons. The average Bonchev–Trinajstić information content (AvgIpc) is 3.32. The van der Waals surface area contributed by atoms with Gasteiger partial charge in [0.1, 0.15) is 11.3 Å². The molecule has 3 heterocycles. The highest BCUT2D eigenvalue weighted by molar-refractivity contribution is 5.69. The topological polar surface area (TPSA) is 79.2 Å². The first-order chi connectivity index (χ1) is 16.5. The molecule has 1 fully saturated rings. The Kier molecular flexibility index (Phi) is 6.17. The van der Waals surface area contributed by atoms with E-state index in [2.05, 4.69) is 80.4 Å². The first kappa shape index (κ1) is 22.3. The highest BCUT2D eigenvalue weighted by atomic mass is 16.2. The van der Waals surface area contributed by atoms with Gasteiger partial charge in [-0.3, -0.25) is 18.8 Å². The van der Waals surface area contributed by atoms with Gasteiger partial charge in [0.05, 0.1) is 6.04 Å². The number of aromatic nitrogens is 4. The van der Waals surface area contributed by atoms with Gasteiger partial charge in [-0.25, -0.2) is 9.78 Å². The molecule has 4 aromatic rings. The summed E-state index contributed by atoms with van der Waals surface area (Å²) in [6.45, 7) is 4.74. The lowest BCUT2D eigenvalue weighted by Crippen LogP contribution is -2.48. The number of imidazole rings is 1. The van der Waals surface area contributed by atoms with Gasteiger partial charge < -0.3 is 9.88 Å². The number of hydrogen-bond acceptors (Lipinski definition) is 5. The predicted octanol–water partition coefficient (Wildman–Crippen LogP) is 1.91. The summed E-state index contributed by atoms with van der Waals surface area (Å²) >= 11 is 0. The fourth-order valence-electron chi connectivity index (χ4n) is 4.89. The first-order valence-corrected chi connectivity index (χ1v) is 11.7. The Hall–Kier alpha value is -3.49. The summed E-state index contributed by atoms with van der Waals surface area (Å²) in [6.07, 6.45) is 0.701. The van der Waals surface area contributed by atoms with Crippen molar-refractivity contribution in [2.45, 2.75) is 12.5 Å². The second kappa shape index (κ2) is 9.40. The second-order valence-electron chi connectivity index (χ2n) is 8.94. The molecule has 1 aliphatic rings. The monoisotopic (exact) mass is 458 g/mol. The number of hydrogen-bond donors (Lipinski definition) is 1. The number of aromatic amines is 1. The van der Waals surface area contributed by atoms with Gasteiger partial charge >= 0.3 is 5.69 Å². The van der Waals surface area contributed by atoms with Gasteiger partial charge in [-0.1, -0.05) is 60.7 Å². The maximum Gasteiger partial charge on any atom is 0.332 e. The van der Waals surface area contributed by atoms with Crippen LogP contribution in [0.1, 0.15) is 23.0 Å². The van der Waals surface area contributed by atoms with Crippen molar-refractivity contribution in [3.05, 3.63) is 98.5 Å². The third-order valence-electron chi connectivity index (χ3n) is 6.81. The second-order valence-corrected chi connectivity index (χ2v) is 8.94. The van der Waals surface area contributed by atoms with E-state index in [4.69, 9.17) is 0 Å². The SMILES string of the molecule is Cn1c(=O)c2[nH]c(CCN3CCN(C(c4ccccc4)c4ccccc4)CC3)nc2n(C)c1=O. The number of aryl methyl sites for hydroxylation is 1. The smallest absolute Gasteiger partial charge is 0.332 e. The van der Waals surface area contributed by atoms with Crippen molar-refractivity contribution in [3.8, 4) is 0 Å². The van der Waals surface area contributed by atoms with Gasteiger partial charge in [0.15, 0.2) is 5.65 Å². The zero-order valence-electron chi connectivity index (χ0n) is 19.6. The van der Waals surface area contributed by atoms with Crippen LogP contribution in [0.15, 0.2) is 70.3 Å². The van der Waals surface area contributed by atoms with E-state index in [0.29, 0.717) is 17.6 Å². The summed E-state index contributed by atoms with van der Waals surface area (Å²) in [6, 6.07) is 21.7. The number of nitrogens with zero attached hydrogens (tertiary/aromatic N) is 5. The Morgan fingerprint density at radius 1 is 0.853 bits per heavy atom. The zero-order chi connectivity index (χ0) is 23.7. The molecule has 1 N–H and O–H groups in total. The largest absolute Gasteiger partial charge is 0.336 e. The third-order valence-corrected chi connectivity index (χ3v) is 6.81. The highest BCUT2D eigenvalue weighted by Gasteiger charge is 2.26. The number of rotatable bonds is 6. The standard InChI is InChI=1S/C26H30N6O2/c1-29-24-22(25(33)30(2)26(29)34)27-21(28-24)13-14-31-15-17-32(18-16-31)23(19-9-5-3-6-10-19)20-11-7-4-8-12-20/h3-12,23H,13-18H2,1-2H3,(H,27,28). The van der Waals surface area contributed by atoms with Crippen LogP contribution in [0.3, 0.4) is 0 Å². The minimum atomic E-state index is -0.363. The summed E-state index contributed by atoms with van der Waals surface area (Å²) in [4.78, 5) is 37.3. The lowest BCUT2D eigenvalue weighted by atomic mass is 9.96. The van der Waals surface area contributed by atoms with Crippen LogP contribution < -0.4 is 11.2 Å². The minimum Gasteiger partial charge on any atom is -0.336 e. The van der Waals surface area contributed by atoms with Gasteiger partial charge in [-0.2, -0.15) is 0 Å². The normalized spacial score (nSPS) is 15.4. The van der Waals surface area contributed by atoms with Crippen molar-refractivity contribution < 1.29 is 0 Å². The van der Waals surface area contributed by atoms with Crippen LogP contribution in [0.25, 0.3) is 11.2 Å². The Morgan fingerprint density at radius 3 is 2.03 bits per heavy atom. The van der Waals surface area contributed by atoms with E-state index in [9.17, 15) is 9.59 Å². The molecule has 0 saturated carbocycles. The molecule has 2 aromatic carbocycles. The highest BCUT2D eigenvalue weighted by Crippen LogP contribution is 2.29. The number of H-pyrrole nitrogens is 1. The molecular formula is C26H30N6O2. The Balaban J connectivity index is 1.26. The Labute approximate surface area is 198 Å². The molecule has 8 nitrogen and oxygen atoms in total. The summed E-state index contributed by atoms with van der Waals surface area (Å²) in [5.74, 6) is 0.738. The molecule has 8 heteroatoms. The number of fused-ring (bicyclic) bond motifs is 1. The molecule has 0 atom stereocenters. The molecule has 1 saturated heterocycles. The quantitative estimate of drug-likeness (QED) is 0.478. The molecule has 1 aliphatic heterocycles. The molecule has 0 bridgehead atoms. The summed E-state index contributed by atoms with van der Waals surface area (Å²) in [7, 11) is 3.13. The summed E-state index contributed by atoms with van der Waals surface area (Å²) < 4.78 is 2.53. The van der Waals surface area contributed by atoms with Gasteiger partial charge in [-0.15, -0.1) is 0 Å². The fourth-order valence-corrected chi connectivity index (χ4v) is 4.89. The van der Waals surface area contributed by atoms with E-state index < -0.39 is 0 Å². The molecule has 0 unspecified atom stereocenters.